The second-order valence-electron chi connectivity index (χ2n) is 5.79. The van der Waals surface area contributed by atoms with Crippen LogP contribution in [0.3, 0.4) is 0 Å². The van der Waals surface area contributed by atoms with Gasteiger partial charge in [0.05, 0.1) is 0 Å². The molecular weight excluding hydrogens is 298 g/mol. The number of carbonyl (C=O) groups excluding carboxylic acids is 3. The van der Waals surface area contributed by atoms with Gasteiger partial charge < -0.3 is 10.1 Å². The van der Waals surface area contributed by atoms with Gasteiger partial charge in [-0.1, -0.05) is 6.07 Å². The summed E-state index contributed by atoms with van der Waals surface area (Å²) in [5.74, 6) is -0.775. The van der Waals surface area contributed by atoms with Crippen LogP contribution in [-0.2, 0) is 14.3 Å². The van der Waals surface area contributed by atoms with Crippen LogP contribution >= 0.6 is 0 Å². The summed E-state index contributed by atoms with van der Waals surface area (Å²) in [5, 5.41) is 2.74. The molecule has 122 valence electrons. The average molecular weight is 317 g/mol. The van der Waals surface area contributed by atoms with Crippen molar-refractivity contribution in [1.29, 1.82) is 0 Å². The predicted molar refractivity (Wildman–Crippen MR) is 82.4 cm³/mol. The molecule has 1 atom stereocenters. The van der Waals surface area contributed by atoms with E-state index in [1.165, 1.54) is 0 Å². The van der Waals surface area contributed by atoms with Crippen LogP contribution in [-0.4, -0.2) is 30.4 Å². The maximum atomic E-state index is 12.0. The Morgan fingerprint density at radius 1 is 1.04 bits per heavy atom. The summed E-state index contributed by atoms with van der Waals surface area (Å²) in [5.41, 5.74) is 5.65. The van der Waals surface area contributed by atoms with Crippen molar-refractivity contribution in [3.63, 3.8) is 0 Å². The lowest BCUT2D eigenvalue weighted by Crippen LogP contribution is -2.42. The molecule has 1 aromatic carbocycles. The largest absolute Gasteiger partial charge is 0.368 e. The van der Waals surface area contributed by atoms with Crippen LogP contribution in [0.5, 0.6) is 0 Å². The van der Waals surface area contributed by atoms with E-state index in [9.17, 15) is 14.4 Å². The molecule has 0 radical (unpaired) electrons. The Balaban J connectivity index is 1.56. The third-order valence-electron chi connectivity index (χ3n) is 3.86. The van der Waals surface area contributed by atoms with Crippen molar-refractivity contribution in [2.24, 2.45) is 5.92 Å². The lowest BCUT2D eigenvalue weighted by Gasteiger charge is -2.11. The number of hydrazine groups is 1. The van der Waals surface area contributed by atoms with Crippen molar-refractivity contribution in [2.45, 2.75) is 31.8 Å². The van der Waals surface area contributed by atoms with Gasteiger partial charge in [0.15, 0.2) is 0 Å². The number of hydrogen-bond acceptors (Lipinski definition) is 4. The first-order valence-corrected chi connectivity index (χ1v) is 7.76. The van der Waals surface area contributed by atoms with Gasteiger partial charge in [-0.2, -0.15) is 0 Å². The molecule has 3 N–H and O–H groups in total. The van der Waals surface area contributed by atoms with Crippen LogP contribution in [0.2, 0.25) is 0 Å². The molecule has 1 saturated heterocycles. The fourth-order valence-corrected chi connectivity index (χ4v) is 2.38. The molecule has 2 aliphatic rings. The number of rotatable bonds is 4. The zero-order valence-electron chi connectivity index (χ0n) is 12.6. The first kappa shape index (κ1) is 15.5. The SMILES string of the molecule is O=C(NNC(=O)C1CC1)c1cccc(NC(=O)[C@@H]2CCCO2)c1. The second kappa shape index (κ2) is 6.78. The lowest BCUT2D eigenvalue weighted by atomic mass is 10.1. The van der Waals surface area contributed by atoms with E-state index >= 15 is 0 Å². The van der Waals surface area contributed by atoms with Crippen molar-refractivity contribution in [3.8, 4) is 0 Å². The molecule has 1 heterocycles. The van der Waals surface area contributed by atoms with E-state index in [-0.39, 0.29) is 17.7 Å². The van der Waals surface area contributed by atoms with E-state index in [0.29, 0.717) is 24.3 Å². The highest BCUT2D eigenvalue weighted by Gasteiger charge is 2.29. The summed E-state index contributed by atoms with van der Waals surface area (Å²) in [6.07, 6.45) is 2.89. The lowest BCUT2D eigenvalue weighted by molar-refractivity contribution is -0.124. The molecule has 0 bridgehead atoms. The molecule has 2 fully saturated rings. The number of amides is 3. The monoisotopic (exact) mass is 317 g/mol. The number of hydrogen-bond donors (Lipinski definition) is 3. The van der Waals surface area contributed by atoms with E-state index in [1.807, 2.05) is 0 Å². The summed E-state index contributed by atoms with van der Waals surface area (Å²) in [4.78, 5) is 35.5. The van der Waals surface area contributed by atoms with Gasteiger partial charge in [-0.25, -0.2) is 0 Å². The van der Waals surface area contributed by atoms with Gasteiger partial charge in [-0.05, 0) is 43.9 Å². The van der Waals surface area contributed by atoms with E-state index in [2.05, 4.69) is 16.2 Å². The third-order valence-corrected chi connectivity index (χ3v) is 3.86. The number of ether oxygens (including phenoxy) is 1. The maximum Gasteiger partial charge on any atom is 0.269 e. The Bertz CT molecular complexity index is 622. The Morgan fingerprint density at radius 2 is 1.87 bits per heavy atom. The minimum absolute atomic E-state index is 0.0207. The topological polar surface area (TPSA) is 96.5 Å². The summed E-state index contributed by atoms with van der Waals surface area (Å²) in [6, 6.07) is 6.54. The van der Waals surface area contributed by atoms with Gasteiger partial charge in [0.1, 0.15) is 6.10 Å². The number of anilines is 1. The zero-order valence-corrected chi connectivity index (χ0v) is 12.6. The summed E-state index contributed by atoms with van der Waals surface area (Å²) < 4.78 is 5.32. The molecule has 1 aliphatic heterocycles. The third kappa shape index (κ3) is 4.07. The molecular formula is C16H19N3O4. The molecule has 3 rings (SSSR count). The number of nitrogens with one attached hydrogen (secondary N) is 3. The maximum absolute atomic E-state index is 12.0. The van der Waals surface area contributed by atoms with E-state index in [0.717, 1.165) is 19.3 Å². The zero-order chi connectivity index (χ0) is 16.2. The minimum atomic E-state index is -0.426. The fraction of sp³-hybridized carbons (Fsp3) is 0.438. The van der Waals surface area contributed by atoms with Crippen LogP contribution in [0.15, 0.2) is 24.3 Å². The molecule has 1 aromatic rings. The van der Waals surface area contributed by atoms with Crippen molar-refractivity contribution >= 4 is 23.4 Å². The van der Waals surface area contributed by atoms with Crippen LogP contribution in [0.4, 0.5) is 5.69 Å². The van der Waals surface area contributed by atoms with Gasteiger partial charge in [-0.3, -0.25) is 25.2 Å². The van der Waals surface area contributed by atoms with Gasteiger partial charge >= 0.3 is 0 Å². The second-order valence-corrected chi connectivity index (χ2v) is 5.79. The van der Waals surface area contributed by atoms with E-state index < -0.39 is 12.0 Å². The Kier molecular flexibility index (Phi) is 4.57. The van der Waals surface area contributed by atoms with Crippen molar-refractivity contribution < 1.29 is 19.1 Å². The molecule has 7 heteroatoms. The summed E-state index contributed by atoms with van der Waals surface area (Å²) >= 11 is 0. The van der Waals surface area contributed by atoms with Crippen molar-refractivity contribution in [2.75, 3.05) is 11.9 Å². The van der Waals surface area contributed by atoms with E-state index in [1.54, 1.807) is 24.3 Å². The van der Waals surface area contributed by atoms with Crippen LogP contribution < -0.4 is 16.2 Å². The van der Waals surface area contributed by atoms with Gasteiger partial charge in [0.2, 0.25) is 5.91 Å². The van der Waals surface area contributed by atoms with Gasteiger partial charge in [0, 0.05) is 23.8 Å². The Morgan fingerprint density at radius 3 is 2.57 bits per heavy atom. The minimum Gasteiger partial charge on any atom is -0.368 e. The number of carbonyl (C=O) groups is 3. The average Bonchev–Trinajstić information content (AvgIpc) is 3.26. The predicted octanol–water partition coefficient (Wildman–Crippen LogP) is 0.975. The molecule has 23 heavy (non-hydrogen) atoms. The highest BCUT2D eigenvalue weighted by Crippen LogP contribution is 2.28. The molecule has 0 aromatic heterocycles. The Hall–Kier alpha value is -2.41. The first-order chi connectivity index (χ1) is 11.1. The van der Waals surface area contributed by atoms with Crippen molar-refractivity contribution in [3.05, 3.63) is 29.8 Å². The van der Waals surface area contributed by atoms with Gasteiger partial charge in [-0.15, -0.1) is 0 Å². The van der Waals surface area contributed by atoms with Crippen LogP contribution in [0, 0.1) is 5.92 Å². The first-order valence-electron chi connectivity index (χ1n) is 7.76. The quantitative estimate of drug-likeness (QED) is 0.721. The molecule has 1 aliphatic carbocycles. The van der Waals surface area contributed by atoms with Crippen molar-refractivity contribution in [1.82, 2.24) is 10.9 Å². The van der Waals surface area contributed by atoms with Crippen LogP contribution in [0.1, 0.15) is 36.0 Å². The smallest absolute Gasteiger partial charge is 0.269 e. The molecule has 7 nitrogen and oxygen atoms in total. The summed E-state index contributed by atoms with van der Waals surface area (Å²) in [7, 11) is 0. The van der Waals surface area contributed by atoms with Crippen LogP contribution in [0.25, 0.3) is 0 Å². The highest BCUT2D eigenvalue weighted by atomic mass is 16.5. The molecule has 3 amide bonds. The molecule has 0 unspecified atom stereocenters. The van der Waals surface area contributed by atoms with Gasteiger partial charge in [0.25, 0.3) is 11.8 Å². The fourth-order valence-electron chi connectivity index (χ4n) is 2.38. The molecule has 1 saturated carbocycles. The molecule has 0 spiro atoms. The summed E-state index contributed by atoms with van der Waals surface area (Å²) in [6.45, 7) is 0.598. The standard InChI is InChI=1S/C16H19N3O4/c20-14(10-6-7-10)18-19-15(21)11-3-1-4-12(9-11)17-16(22)13-5-2-8-23-13/h1,3-4,9-10,13H,2,5-8H2,(H,17,22)(H,18,20)(H,19,21)/t13-/m0/s1. The normalized spacial score (nSPS) is 19.9. The van der Waals surface area contributed by atoms with E-state index in [4.69, 9.17) is 4.74 Å². The Labute approximate surface area is 133 Å². The highest BCUT2D eigenvalue weighted by molar-refractivity contribution is 5.99. The number of benzene rings is 1.